The molecule has 0 spiro atoms. The number of nitrogens with one attached hydrogen (secondary N) is 1. The van der Waals surface area contributed by atoms with Gasteiger partial charge in [-0.2, -0.15) is 5.10 Å². The lowest BCUT2D eigenvalue weighted by Crippen LogP contribution is -2.11. The molecule has 0 radical (unpaired) electrons. The number of sulfonamides is 1. The van der Waals surface area contributed by atoms with E-state index in [1.807, 2.05) is 13.1 Å². The van der Waals surface area contributed by atoms with Gasteiger partial charge in [0.15, 0.2) is 0 Å². The minimum absolute atomic E-state index is 0.240. The first-order valence-electron chi connectivity index (χ1n) is 6.31. The minimum atomic E-state index is -3.63. The average molecular weight is 354 g/mol. The van der Waals surface area contributed by atoms with E-state index in [2.05, 4.69) is 9.82 Å². The molecule has 0 saturated carbocycles. The summed E-state index contributed by atoms with van der Waals surface area (Å²) in [7, 11) is -1.82. The van der Waals surface area contributed by atoms with Gasteiger partial charge in [-0.15, -0.1) is 11.3 Å². The fraction of sp³-hybridized carbons (Fsp3) is 0.0714. The zero-order valence-electron chi connectivity index (χ0n) is 11.5. The van der Waals surface area contributed by atoms with Gasteiger partial charge in [0, 0.05) is 29.2 Å². The fourth-order valence-electron chi connectivity index (χ4n) is 2.01. The van der Waals surface area contributed by atoms with E-state index in [0.717, 1.165) is 22.6 Å². The highest BCUT2D eigenvalue weighted by Crippen LogP contribution is 2.29. The summed E-state index contributed by atoms with van der Waals surface area (Å²) in [5, 5.41) is 6.35. The molecular weight excluding hydrogens is 342 g/mol. The summed E-state index contributed by atoms with van der Waals surface area (Å²) in [6, 6.07) is 10.1. The zero-order valence-corrected chi connectivity index (χ0v) is 13.9. The second-order valence-corrected chi connectivity index (χ2v) is 7.87. The number of aryl methyl sites for hydroxylation is 1. The first-order chi connectivity index (χ1) is 10.5. The summed E-state index contributed by atoms with van der Waals surface area (Å²) in [5.74, 6) is 0. The first-order valence-corrected chi connectivity index (χ1v) is 9.05. The topological polar surface area (TPSA) is 64.0 Å². The van der Waals surface area contributed by atoms with E-state index >= 15 is 0 Å². The van der Waals surface area contributed by atoms with Gasteiger partial charge in [-0.3, -0.25) is 9.40 Å². The predicted molar refractivity (Wildman–Crippen MR) is 88.8 cm³/mol. The quantitative estimate of drug-likeness (QED) is 0.779. The first kappa shape index (κ1) is 15.1. The molecule has 0 aliphatic carbocycles. The Hall–Kier alpha value is -1.83. The van der Waals surface area contributed by atoms with E-state index in [1.54, 1.807) is 46.6 Å². The van der Waals surface area contributed by atoms with Crippen molar-refractivity contribution in [3.8, 4) is 11.3 Å². The number of anilines is 1. The second kappa shape index (κ2) is 5.75. The SMILES string of the molecule is Cn1nccc1-c1csc(S(=O)(=O)Nc2cccc(Cl)c2)c1. The van der Waals surface area contributed by atoms with Crippen LogP contribution < -0.4 is 4.72 Å². The summed E-state index contributed by atoms with van der Waals surface area (Å²) >= 11 is 7.03. The third-order valence-corrected chi connectivity index (χ3v) is 6.09. The van der Waals surface area contributed by atoms with Gasteiger partial charge in [-0.05, 0) is 30.3 Å². The molecule has 0 saturated heterocycles. The van der Waals surface area contributed by atoms with Crippen LogP contribution in [0.1, 0.15) is 0 Å². The fourth-order valence-corrected chi connectivity index (χ4v) is 4.42. The standard InChI is InChI=1S/C14H12ClN3O2S2/c1-18-13(5-6-16-18)10-7-14(21-9-10)22(19,20)17-12-4-2-3-11(15)8-12/h2-9,17H,1H3. The second-order valence-electron chi connectivity index (χ2n) is 4.61. The van der Waals surface area contributed by atoms with E-state index in [9.17, 15) is 8.42 Å². The van der Waals surface area contributed by atoms with Crippen LogP contribution in [0, 0.1) is 0 Å². The minimum Gasteiger partial charge on any atom is -0.279 e. The van der Waals surface area contributed by atoms with E-state index < -0.39 is 10.0 Å². The van der Waals surface area contributed by atoms with Crippen LogP contribution in [0.2, 0.25) is 5.02 Å². The van der Waals surface area contributed by atoms with Crippen molar-refractivity contribution in [1.29, 1.82) is 0 Å². The Labute approximate surface area is 137 Å². The number of benzene rings is 1. The Kier molecular flexibility index (Phi) is 3.94. The number of aromatic nitrogens is 2. The molecule has 0 aliphatic heterocycles. The Morgan fingerprint density at radius 1 is 1.27 bits per heavy atom. The lowest BCUT2D eigenvalue weighted by atomic mass is 10.2. The Morgan fingerprint density at radius 2 is 2.09 bits per heavy atom. The van der Waals surface area contributed by atoms with Gasteiger partial charge in [-0.25, -0.2) is 8.42 Å². The maximum Gasteiger partial charge on any atom is 0.271 e. The van der Waals surface area contributed by atoms with Crippen molar-refractivity contribution in [2.75, 3.05) is 4.72 Å². The van der Waals surface area contributed by atoms with Crippen molar-refractivity contribution in [3.63, 3.8) is 0 Å². The molecule has 5 nitrogen and oxygen atoms in total. The molecule has 0 fully saturated rings. The molecule has 2 aromatic heterocycles. The number of hydrogen-bond donors (Lipinski definition) is 1. The summed E-state index contributed by atoms with van der Waals surface area (Å²) in [6.45, 7) is 0. The van der Waals surface area contributed by atoms with Crippen molar-refractivity contribution in [3.05, 3.63) is 53.0 Å². The van der Waals surface area contributed by atoms with Crippen LogP contribution >= 0.6 is 22.9 Å². The predicted octanol–water partition coefficient (Wildman–Crippen LogP) is 3.60. The molecule has 0 atom stereocenters. The Bertz CT molecular complexity index is 916. The number of nitrogens with zero attached hydrogens (tertiary/aromatic N) is 2. The maximum absolute atomic E-state index is 12.4. The molecule has 1 aromatic carbocycles. The highest BCUT2D eigenvalue weighted by atomic mass is 35.5. The van der Waals surface area contributed by atoms with Crippen molar-refractivity contribution in [2.45, 2.75) is 4.21 Å². The normalized spacial score (nSPS) is 11.5. The molecule has 3 aromatic rings. The highest BCUT2D eigenvalue weighted by Gasteiger charge is 2.18. The van der Waals surface area contributed by atoms with E-state index in [-0.39, 0.29) is 4.21 Å². The summed E-state index contributed by atoms with van der Waals surface area (Å²) in [5.41, 5.74) is 2.11. The summed E-state index contributed by atoms with van der Waals surface area (Å²) in [4.78, 5) is 0. The van der Waals surface area contributed by atoms with E-state index in [4.69, 9.17) is 11.6 Å². The molecule has 0 amide bonds. The lowest BCUT2D eigenvalue weighted by molar-refractivity contribution is 0.603. The lowest BCUT2D eigenvalue weighted by Gasteiger charge is -2.06. The highest BCUT2D eigenvalue weighted by molar-refractivity contribution is 7.94. The molecular formula is C14H12ClN3O2S2. The number of rotatable bonds is 4. The summed E-state index contributed by atoms with van der Waals surface area (Å²) in [6.07, 6.45) is 1.67. The molecule has 0 bridgehead atoms. The van der Waals surface area contributed by atoms with E-state index in [1.165, 1.54) is 0 Å². The van der Waals surface area contributed by atoms with Crippen LogP contribution in [0.4, 0.5) is 5.69 Å². The summed E-state index contributed by atoms with van der Waals surface area (Å²) < 4.78 is 29.3. The third kappa shape index (κ3) is 3.01. The number of hydrogen-bond acceptors (Lipinski definition) is 4. The molecule has 22 heavy (non-hydrogen) atoms. The van der Waals surface area contributed by atoms with Crippen LogP contribution in [0.5, 0.6) is 0 Å². The molecule has 114 valence electrons. The zero-order chi connectivity index (χ0) is 15.7. The van der Waals surface area contributed by atoms with Crippen molar-refractivity contribution in [2.24, 2.45) is 7.05 Å². The molecule has 0 unspecified atom stereocenters. The van der Waals surface area contributed by atoms with Crippen LogP contribution in [-0.2, 0) is 17.1 Å². The molecule has 8 heteroatoms. The van der Waals surface area contributed by atoms with Crippen LogP contribution in [0.3, 0.4) is 0 Å². The Balaban J connectivity index is 1.90. The number of halogens is 1. The van der Waals surface area contributed by atoms with Gasteiger partial charge in [0.1, 0.15) is 4.21 Å². The van der Waals surface area contributed by atoms with Crippen LogP contribution in [0.15, 0.2) is 52.2 Å². The Morgan fingerprint density at radius 3 is 2.77 bits per heavy atom. The average Bonchev–Trinajstić information content (AvgIpc) is 3.06. The van der Waals surface area contributed by atoms with Crippen LogP contribution in [-0.4, -0.2) is 18.2 Å². The molecule has 0 aliphatic rings. The molecule has 3 rings (SSSR count). The number of thiophene rings is 1. The van der Waals surface area contributed by atoms with Gasteiger partial charge < -0.3 is 0 Å². The smallest absolute Gasteiger partial charge is 0.271 e. The van der Waals surface area contributed by atoms with Crippen LogP contribution in [0.25, 0.3) is 11.3 Å². The molecule has 2 heterocycles. The van der Waals surface area contributed by atoms with Gasteiger partial charge >= 0.3 is 0 Å². The maximum atomic E-state index is 12.4. The van der Waals surface area contributed by atoms with Crippen molar-refractivity contribution < 1.29 is 8.42 Å². The monoisotopic (exact) mass is 353 g/mol. The van der Waals surface area contributed by atoms with Gasteiger partial charge in [-0.1, -0.05) is 17.7 Å². The van der Waals surface area contributed by atoms with Gasteiger partial charge in [0.25, 0.3) is 10.0 Å². The van der Waals surface area contributed by atoms with Crippen molar-refractivity contribution >= 4 is 38.6 Å². The molecule has 1 N–H and O–H groups in total. The van der Waals surface area contributed by atoms with Gasteiger partial charge in [0.05, 0.1) is 11.4 Å². The van der Waals surface area contributed by atoms with E-state index in [0.29, 0.717) is 10.7 Å². The van der Waals surface area contributed by atoms with Gasteiger partial charge in [0.2, 0.25) is 0 Å². The third-order valence-electron chi connectivity index (χ3n) is 3.03. The largest absolute Gasteiger partial charge is 0.279 e. The van der Waals surface area contributed by atoms with Crippen molar-refractivity contribution in [1.82, 2.24) is 9.78 Å².